The summed E-state index contributed by atoms with van der Waals surface area (Å²) in [6, 6.07) is 14.7. The predicted octanol–water partition coefficient (Wildman–Crippen LogP) is 4.08. The molecular formula is C16H16ClNO. The highest BCUT2D eigenvalue weighted by molar-refractivity contribution is 6.33. The molecule has 0 saturated carbocycles. The number of Topliss-reactive ketones (excluding diaryl/α,β-unsaturated/α-hetero) is 1. The quantitative estimate of drug-likeness (QED) is 0.676. The Kier molecular flexibility index (Phi) is 3.63. The maximum atomic E-state index is 12.6. The average Bonchev–Trinajstić information content (AvgIpc) is 2.42. The lowest BCUT2D eigenvalue weighted by atomic mass is 9.78. The number of nitrogens with two attached hydrogens (primary N) is 1. The van der Waals surface area contributed by atoms with Gasteiger partial charge in [0.05, 0.1) is 16.1 Å². The van der Waals surface area contributed by atoms with Crippen molar-refractivity contribution >= 4 is 23.1 Å². The molecule has 0 atom stereocenters. The molecule has 0 aliphatic heterocycles. The smallest absolute Gasteiger partial charge is 0.172 e. The number of carbonyl (C=O) groups excluding carboxylic acids is 1. The molecule has 2 aromatic rings. The Balaban J connectivity index is 2.40. The van der Waals surface area contributed by atoms with Crippen LogP contribution in [-0.4, -0.2) is 5.78 Å². The molecule has 2 aromatic carbocycles. The minimum absolute atomic E-state index is 0.0283. The number of halogens is 1. The van der Waals surface area contributed by atoms with E-state index >= 15 is 0 Å². The third-order valence-corrected chi connectivity index (χ3v) is 3.65. The van der Waals surface area contributed by atoms with Crippen LogP contribution in [0.25, 0.3) is 0 Å². The number of benzene rings is 2. The van der Waals surface area contributed by atoms with Crippen LogP contribution in [0, 0.1) is 0 Å². The van der Waals surface area contributed by atoms with Crippen molar-refractivity contribution < 1.29 is 4.79 Å². The molecule has 2 N–H and O–H groups in total. The first-order valence-electron chi connectivity index (χ1n) is 6.08. The zero-order valence-corrected chi connectivity index (χ0v) is 11.7. The number of hydrogen-bond donors (Lipinski definition) is 1. The summed E-state index contributed by atoms with van der Waals surface area (Å²) in [5.74, 6) is 0.0283. The molecule has 2 rings (SSSR count). The maximum absolute atomic E-state index is 12.6. The van der Waals surface area contributed by atoms with Gasteiger partial charge in [-0.25, -0.2) is 0 Å². The van der Waals surface area contributed by atoms with Crippen LogP contribution in [0.3, 0.4) is 0 Å². The van der Waals surface area contributed by atoms with Gasteiger partial charge in [0.25, 0.3) is 0 Å². The SMILES string of the molecule is CC(C)(C(=O)c1ccc(N)c(Cl)c1)c1ccccc1. The maximum Gasteiger partial charge on any atom is 0.172 e. The molecule has 19 heavy (non-hydrogen) atoms. The average molecular weight is 274 g/mol. The standard InChI is InChI=1S/C16H16ClNO/c1-16(2,12-6-4-3-5-7-12)15(19)11-8-9-14(18)13(17)10-11/h3-10H,18H2,1-2H3. The molecule has 0 heterocycles. The van der Waals surface area contributed by atoms with Gasteiger partial charge in [0, 0.05) is 5.56 Å². The highest BCUT2D eigenvalue weighted by Gasteiger charge is 2.30. The van der Waals surface area contributed by atoms with Crippen molar-refractivity contribution in [3.05, 3.63) is 64.7 Å². The van der Waals surface area contributed by atoms with Crippen molar-refractivity contribution in [2.45, 2.75) is 19.3 Å². The van der Waals surface area contributed by atoms with Crippen LogP contribution in [0.4, 0.5) is 5.69 Å². The van der Waals surface area contributed by atoms with Crippen molar-refractivity contribution in [3.63, 3.8) is 0 Å². The molecule has 0 bridgehead atoms. The van der Waals surface area contributed by atoms with Crippen molar-refractivity contribution in [1.82, 2.24) is 0 Å². The Morgan fingerprint density at radius 3 is 2.32 bits per heavy atom. The van der Waals surface area contributed by atoms with Crippen molar-refractivity contribution in [1.29, 1.82) is 0 Å². The van der Waals surface area contributed by atoms with Crippen LogP contribution < -0.4 is 5.73 Å². The highest BCUT2D eigenvalue weighted by atomic mass is 35.5. The normalized spacial score (nSPS) is 11.3. The fraction of sp³-hybridized carbons (Fsp3) is 0.188. The topological polar surface area (TPSA) is 43.1 Å². The summed E-state index contributed by atoms with van der Waals surface area (Å²) in [5, 5.41) is 0.412. The lowest BCUT2D eigenvalue weighted by Crippen LogP contribution is -2.29. The summed E-state index contributed by atoms with van der Waals surface area (Å²) in [6.45, 7) is 3.82. The molecule has 98 valence electrons. The minimum atomic E-state index is -0.597. The van der Waals surface area contributed by atoms with E-state index in [0.29, 0.717) is 16.3 Å². The van der Waals surface area contributed by atoms with Gasteiger partial charge in [-0.15, -0.1) is 0 Å². The zero-order chi connectivity index (χ0) is 14.0. The van der Waals surface area contributed by atoms with E-state index in [4.69, 9.17) is 17.3 Å². The molecule has 0 radical (unpaired) electrons. The van der Waals surface area contributed by atoms with E-state index in [2.05, 4.69) is 0 Å². The first kappa shape index (κ1) is 13.6. The van der Waals surface area contributed by atoms with Crippen LogP contribution in [0.1, 0.15) is 29.8 Å². The fourth-order valence-electron chi connectivity index (χ4n) is 2.02. The van der Waals surface area contributed by atoms with E-state index < -0.39 is 5.41 Å². The zero-order valence-electron chi connectivity index (χ0n) is 11.0. The van der Waals surface area contributed by atoms with Gasteiger partial charge in [0.15, 0.2) is 5.78 Å². The number of anilines is 1. The highest BCUT2D eigenvalue weighted by Crippen LogP contribution is 2.29. The molecular weight excluding hydrogens is 258 g/mol. The summed E-state index contributed by atoms with van der Waals surface area (Å²) in [6.07, 6.45) is 0. The van der Waals surface area contributed by atoms with Gasteiger partial charge < -0.3 is 5.73 Å². The van der Waals surface area contributed by atoms with Gasteiger partial charge in [-0.2, -0.15) is 0 Å². The fourth-order valence-corrected chi connectivity index (χ4v) is 2.20. The number of ketones is 1. The molecule has 2 nitrogen and oxygen atoms in total. The lowest BCUT2D eigenvalue weighted by Gasteiger charge is -2.24. The molecule has 0 spiro atoms. The van der Waals surface area contributed by atoms with Gasteiger partial charge in [-0.05, 0) is 37.6 Å². The first-order valence-corrected chi connectivity index (χ1v) is 6.46. The predicted molar refractivity (Wildman–Crippen MR) is 79.7 cm³/mol. The van der Waals surface area contributed by atoms with Gasteiger partial charge >= 0.3 is 0 Å². The second-order valence-corrected chi connectivity index (χ2v) is 5.46. The van der Waals surface area contributed by atoms with E-state index in [1.165, 1.54) is 0 Å². The van der Waals surface area contributed by atoms with Crippen molar-refractivity contribution in [2.24, 2.45) is 0 Å². The monoisotopic (exact) mass is 273 g/mol. The van der Waals surface area contributed by atoms with Crippen LogP contribution in [0.5, 0.6) is 0 Å². The van der Waals surface area contributed by atoms with E-state index in [1.807, 2.05) is 44.2 Å². The summed E-state index contributed by atoms with van der Waals surface area (Å²) in [5.41, 5.74) is 7.11. The number of rotatable bonds is 3. The Labute approximate surface area is 118 Å². The van der Waals surface area contributed by atoms with Crippen LogP contribution >= 0.6 is 11.6 Å². The second-order valence-electron chi connectivity index (χ2n) is 5.06. The molecule has 0 unspecified atom stereocenters. The van der Waals surface area contributed by atoms with Gasteiger partial charge in [0.1, 0.15) is 0 Å². The van der Waals surface area contributed by atoms with Crippen molar-refractivity contribution in [2.75, 3.05) is 5.73 Å². The molecule has 0 amide bonds. The molecule has 0 aliphatic carbocycles. The van der Waals surface area contributed by atoms with Crippen LogP contribution in [-0.2, 0) is 5.41 Å². The Bertz CT molecular complexity index is 605. The minimum Gasteiger partial charge on any atom is -0.398 e. The Morgan fingerprint density at radius 2 is 1.74 bits per heavy atom. The molecule has 0 fully saturated rings. The molecule has 0 saturated heterocycles. The molecule has 3 heteroatoms. The second kappa shape index (κ2) is 5.06. The summed E-state index contributed by atoms with van der Waals surface area (Å²) in [4.78, 5) is 12.6. The molecule has 0 aliphatic rings. The van der Waals surface area contributed by atoms with Crippen LogP contribution in [0.2, 0.25) is 5.02 Å². The van der Waals surface area contributed by atoms with Gasteiger partial charge in [0.2, 0.25) is 0 Å². The summed E-state index contributed by atoms with van der Waals surface area (Å²) in [7, 11) is 0. The number of nitrogen functional groups attached to an aromatic ring is 1. The number of carbonyl (C=O) groups is 1. The van der Waals surface area contributed by atoms with E-state index in [0.717, 1.165) is 5.56 Å². The third kappa shape index (κ3) is 2.64. The Hall–Kier alpha value is -1.80. The summed E-state index contributed by atoms with van der Waals surface area (Å²) < 4.78 is 0. The van der Waals surface area contributed by atoms with Gasteiger partial charge in [-0.3, -0.25) is 4.79 Å². The van der Waals surface area contributed by atoms with E-state index in [9.17, 15) is 4.79 Å². The van der Waals surface area contributed by atoms with Gasteiger partial charge in [-0.1, -0.05) is 41.9 Å². The van der Waals surface area contributed by atoms with Crippen LogP contribution in [0.15, 0.2) is 48.5 Å². The van der Waals surface area contributed by atoms with Crippen molar-refractivity contribution in [3.8, 4) is 0 Å². The van der Waals surface area contributed by atoms with E-state index in [-0.39, 0.29) is 5.78 Å². The Morgan fingerprint density at radius 1 is 1.11 bits per heavy atom. The lowest BCUT2D eigenvalue weighted by molar-refractivity contribution is 0.0909. The first-order chi connectivity index (χ1) is 8.93. The third-order valence-electron chi connectivity index (χ3n) is 3.33. The number of hydrogen-bond acceptors (Lipinski definition) is 2. The van der Waals surface area contributed by atoms with E-state index in [1.54, 1.807) is 18.2 Å². The largest absolute Gasteiger partial charge is 0.398 e. The summed E-state index contributed by atoms with van der Waals surface area (Å²) >= 11 is 5.98. The molecule has 0 aromatic heterocycles.